The van der Waals surface area contributed by atoms with Gasteiger partial charge in [0.05, 0.1) is 5.56 Å². The van der Waals surface area contributed by atoms with Gasteiger partial charge < -0.3 is 18.6 Å². The van der Waals surface area contributed by atoms with E-state index in [9.17, 15) is 4.79 Å². The Kier molecular flexibility index (Phi) is 3.31. The molecule has 0 aliphatic heterocycles. The Hall–Kier alpha value is -2.83. The number of rotatable bonds is 4. The molecule has 0 spiro atoms. The number of esters is 1. The summed E-state index contributed by atoms with van der Waals surface area (Å²) in [6.07, 6.45) is 1.64. The van der Waals surface area contributed by atoms with Crippen LogP contribution in [0.2, 0.25) is 0 Å². The van der Waals surface area contributed by atoms with E-state index in [0.717, 1.165) is 11.3 Å². The zero-order valence-corrected chi connectivity index (χ0v) is 11.5. The molecule has 0 radical (unpaired) electrons. The summed E-state index contributed by atoms with van der Waals surface area (Å²) in [5.74, 6) is 1.56. The molecule has 0 aromatic carbocycles. The van der Waals surface area contributed by atoms with E-state index in [1.807, 2.05) is 19.9 Å². The molecule has 7 nitrogen and oxygen atoms in total. The normalized spacial score (nSPS) is 10.8. The summed E-state index contributed by atoms with van der Waals surface area (Å²) in [5.41, 5.74) is 1.11. The maximum atomic E-state index is 11.7. The van der Waals surface area contributed by atoms with E-state index in [1.165, 1.54) is 0 Å². The summed E-state index contributed by atoms with van der Waals surface area (Å²) in [5, 5.41) is 7.78. The fourth-order valence-electron chi connectivity index (χ4n) is 1.93. The van der Waals surface area contributed by atoms with Crippen LogP contribution in [-0.4, -0.2) is 21.2 Å². The van der Waals surface area contributed by atoms with Crippen LogP contribution in [0.1, 0.15) is 27.9 Å². The minimum Gasteiger partial charge on any atom is -0.466 e. The first-order valence-electron chi connectivity index (χ1n) is 6.34. The van der Waals surface area contributed by atoms with E-state index >= 15 is 0 Å². The van der Waals surface area contributed by atoms with E-state index in [1.54, 1.807) is 18.3 Å². The van der Waals surface area contributed by atoms with Crippen molar-refractivity contribution in [3.05, 3.63) is 47.5 Å². The third-order valence-electron chi connectivity index (χ3n) is 2.88. The third-order valence-corrected chi connectivity index (χ3v) is 2.88. The van der Waals surface area contributed by atoms with Crippen LogP contribution in [0.15, 0.2) is 33.2 Å². The van der Waals surface area contributed by atoms with Gasteiger partial charge in [-0.1, -0.05) is 0 Å². The van der Waals surface area contributed by atoms with Gasteiger partial charge in [0, 0.05) is 6.20 Å². The van der Waals surface area contributed by atoms with Crippen LogP contribution in [-0.2, 0) is 11.3 Å². The molecule has 0 saturated heterocycles. The average Bonchev–Trinajstić information content (AvgIpc) is 3.16. The summed E-state index contributed by atoms with van der Waals surface area (Å²) >= 11 is 0. The first kappa shape index (κ1) is 13.2. The fraction of sp³-hybridized carbons (Fsp3) is 0.214. The standard InChI is InChI=1S/C14H13N3O4/c1-8-6-10(9(2)20-8)13-17-16-12(21-13)7-19-14(18)11-4-3-5-15-11/h3-6,15H,7H2,1-2H3. The average molecular weight is 287 g/mol. The molecule has 0 atom stereocenters. The second-order valence-corrected chi connectivity index (χ2v) is 4.49. The monoisotopic (exact) mass is 287 g/mol. The fourth-order valence-corrected chi connectivity index (χ4v) is 1.93. The number of ether oxygens (including phenoxy) is 1. The molecule has 7 heteroatoms. The van der Waals surface area contributed by atoms with Crippen LogP contribution in [0.25, 0.3) is 11.5 Å². The number of hydrogen-bond donors (Lipinski definition) is 1. The van der Waals surface area contributed by atoms with Crippen LogP contribution < -0.4 is 0 Å². The lowest BCUT2D eigenvalue weighted by Gasteiger charge is -1.98. The molecule has 3 aromatic rings. The second kappa shape index (κ2) is 5.28. The van der Waals surface area contributed by atoms with Gasteiger partial charge in [-0.05, 0) is 32.0 Å². The van der Waals surface area contributed by atoms with E-state index in [0.29, 0.717) is 17.3 Å². The van der Waals surface area contributed by atoms with Gasteiger partial charge in [0.1, 0.15) is 17.2 Å². The van der Waals surface area contributed by atoms with Gasteiger partial charge in [-0.15, -0.1) is 10.2 Å². The van der Waals surface area contributed by atoms with Crippen molar-refractivity contribution in [1.29, 1.82) is 0 Å². The Morgan fingerprint density at radius 2 is 2.19 bits per heavy atom. The molecule has 108 valence electrons. The number of nitrogens with one attached hydrogen (secondary N) is 1. The predicted molar refractivity (Wildman–Crippen MR) is 71.4 cm³/mol. The maximum Gasteiger partial charge on any atom is 0.355 e. The summed E-state index contributed by atoms with van der Waals surface area (Å²) < 4.78 is 15.9. The van der Waals surface area contributed by atoms with Crippen LogP contribution >= 0.6 is 0 Å². The largest absolute Gasteiger partial charge is 0.466 e. The zero-order chi connectivity index (χ0) is 14.8. The molecule has 3 heterocycles. The topological polar surface area (TPSA) is 94.2 Å². The van der Waals surface area contributed by atoms with Crippen molar-refractivity contribution in [3.8, 4) is 11.5 Å². The lowest BCUT2D eigenvalue weighted by atomic mass is 10.2. The van der Waals surface area contributed by atoms with E-state index in [4.69, 9.17) is 13.6 Å². The molecule has 3 aromatic heterocycles. The molecule has 1 N–H and O–H groups in total. The molecule has 0 aliphatic carbocycles. The predicted octanol–water partition coefficient (Wildman–Crippen LogP) is 2.63. The number of carbonyl (C=O) groups is 1. The van der Waals surface area contributed by atoms with Crippen molar-refractivity contribution in [3.63, 3.8) is 0 Å². The molecular weight excluding hydrogens is 274 g/mol. The van der Waals surface area contributed by atoms with E-state index in [-0.39, 0.29) is 12.5 Å². The molecule has 0 aliphatic rings. The minimum absolute atomic E-state index is 0.0826. The molecule has 0 amide bonds. The van der Waals surface area contributed by atoms with Crippen molar-refractivity contribution in [2.45, 2.75) is 20.5 Å². The van der Waals surface area contributed by atoms with Crippen molar-refractivity contribution < 1.29 is 18.4 Å². The van der Waals surface area contributed by atoms with Crippen molar-refractivity contribution in [2.24, 2.45) is 0 Å². The van der Waals surface area contributed by atoms with Crippen molar-refractivity contribution in [2.75, 3.05) is 0 Å². The quantitative estimate of drug-likeness (QED) is 0.741. The number of nitrogens with zero attached hydrogens (tertiary/aromatic N) is 2. The van der Waals surface area contributed by atoms with Crippen LogP contribution in [0.3, 0.4) is 0 Å². The Labute approximate surface area is 119 Å². The van der Waals surface area contributed by atoms with Gasteiger partial charge in [-0.3, -0.25) is 0 Å². The molecule has 3 rings (SSSR count). The molecule has 0 fully saturated rings. The molecular formula is C14H13N3O4. The van der Waals surface area contributed by atoms with Crippen molar-refractivity contribution in [1.82, 2.24) is 15.2 Å². The SMILES string of the molecule is Cc1cc(-c2nnc(COC(=O)c3ccc[nH]3)o2)c(C)o1. The summed E-state index contributed by atoms with van der Waals surface area (Å²) in [6.45, 7) is 3.57. The Morgan fingerprint density at radius 3 is 2.86 bits per heavy atom. The third kappa shape index (κ3) is 2.71. The molecule has 21 heavy (non-hydrogen) atoms. The Bertz CT molecular complexity index is 755. The van der Waals surface area contributed by atoms with Crippen LogP contribution in [0, 0.1) is 13.8 Å². The second-order valence-electron chi connectivity index (χ2n) is 4.49. The highest BCUT2D eigenvalue weighted by atomic mass is 16.5. The highest BCUT2D eigenvalue weighted by molar-refractivity contribution is 5.87. The van der Waals surface area contributed by atoms with E-state index in [2.05, 4.69) is 15.2 Å². The Morgan fingerprint density at radius 1 is 1.33 bits per heavy atom. The van der Waals surface area contributed by atoms with Gasteiger partial charge in [-0.2, -0.15) is 0 Å². The van der Waals surface area contributed by atoms with Gasteiger partial charge >= 0.3 is 5.97 Å². The highest BCUT2D eigenvalue weighted by Crippen LogP contribution is 2.25. The summed E-state index contributed by atoms with van der Waals surface area (Å²) in [7, 11) is 0. The van der Waals surface area contributed by atoms with Gasteiger partial charge in [0.25, 0.3) is 11.8 Å². The minimum atomic E-state index is -0.477. The summed E-state index contributed by atoms with van der Waals surface area (Å²) in [4.78, 5) is 14.4. The van der Waals surface area contributed by atoms with Crippen LogP contribution in [0.4, 0.5) is 0 Å². The smallest absolute Gasteiger partial charge is 0.355 e. The van der Waals surface area contributed by atoms with E-state index < -0.39 is 5.97 Å². The summed E-state index contributed by atoms with van der Waals surface area (Å²) in [6, 6.07) is 5.15. The van der Waals surface area contributed by atoms with Gasteiger partial charge in [0.2, 0.25) is 0 Å². The number of aromatic amines is 1. The van der Waals surface area contributed by atoms with Gasteiger partial charge in [-0.25, -0.2) is 4.79 Å². The zero-order valence-electron chi connectivity index (χ0n) is 11.5. The first-order chi connectivity index (χ1) is 10.1. The lowest BCUT2D eigenvalue weighted by molar-refractivity contribution is 0.0432. The van der Waals surface area contributed by atoms with Crippen LogP contribution in [0.5, 0.6) is 0 Å². The lowest BCUT2D eigenvalue weighted by Crippen LogP contribution is -2.05. The first-order valence-corrected chi connectivity index (χ1v) is 6.34. The number of hydrogen-bond acceptors (Lipinski definition) is 6. The van der Waals surface area contributed by atoms with Crippen molar-refractivity contribution >= 4 is 5.97 Å². The highest BCUT2D eigenvalue weighted by Gasteiger charge is 2.16. The molecule has 0 saturated carbocycles. The van der Waals surface area contributed by atoms with Gasteiger partial charge in [0.15, 0.2) is 6.61 Å². The number of aryl methyl sites for hydroxylation is 2. The number of H-pyrrole nitrogens is 1. The number of furan rings is 1. The number of aromatic nitrogens is 3. The molecule has 0 bridgehead atoms. The number of carbonyl (C=O) groups excluding carboxylic acids is 1. The Balaban J connectivity index is 1.68. The molecule has 0 unspecified atom stereocenters. The maximum absolute atomic E-state index is 11.7.